The molecule has 0 fully saturated rings. The third-order valence-corrected chi connectivity index (χ3v) is 5.57. The van der Waals surface area contributed by atoms with E-state index in [2.05, 4.69) is 16.7 Å². The van der Waals surface area contributed by atoms with Gasteiger partial charge in [0, 0.05) is 18.0 Å². The molecular formula is C22H21N3O3S. The van der Waals surface area contributed by atoms with Crippen molar-refractivity contribution in [3.8, 4) is 11.8 Å². The molecule has 2 amide bonds. The topological polar surface area (TPSA) is 91.2 Å². The van der Waals surface area contributed by atoms with Crippen LogP contribution in [0.1, 0.15) is 23.5 Å². The molecule has 6 nitrogen and oxygen atoms in total. The first-order valence-corrected chi connectivity index (χ1v) is 10.1. The fraction of sp³-hybridized carbons (Fsp3) is 0.227. The number of hydrogen-bond donors (Lipinski definition) is 2. The van der Waals surface area contributed by atoms with Gasteiger partial charge in [0.15, 0.2) is 0 Å². The molecule has 0 unspecified atom stereocenters. The second kappa shape index (κ2) is 9.30. The van der Waals surface area contributed by atoms with Gasteiger partial charge in [-0.15, -0.1) is 0 Å². The van der Waals surface area contributed by atoms with Gasteiger partial charge in [0.25, 0.3) is 0 Å². The molecule has 0 aromatic heterocycles. The van der Waals surface area contributed by atoms with Crippen molar-refractivity contribution in [1.82, 2.24) is 5.32 Å². The van der Waals surface area contributed by atoms with Gasteiger partial charge in [-0.2, -0.15) is 5.26 Å². The van der Waals surface area contributed by atoms with Gasteiger partial charge < -0.3 is 15.4 Å². The summed E-state index contributed by atoms with van der Waals surface area (Å²) in [5, 5.41) is 15.7. The summed E-state index contributed by atoms with van der Waals surface area (Å²) < 4.78 is 5.17. The monoisotopic (exact) mass is 407 g/mol. The van der Waals surface area contributed by atoms with E-state index in [1.165, 1.54) is 0 Å². The zero-order chi connectivity index (χ0) is 20.8. The number of hydrogen-bond acceptors (Lipinski definition) is 5. The van der Waals surface area contributed by atoms with Crippen LogP contribution in [0.5, 0.6) is 5.75 Å². The van der Waals surface area contributed by atoms with Gasteiger partial charge in [0.05, 0.1) is 29.5 Å². The average molecular weight is 407 g/mol. The third kappa shape index (κ3) is 5.18. The summed E-state index contributed by atoms with van der Waals surface area (Å²) in [6, 6.07) is 17.0. The maximum absolute atomic E-state index is 12.3. The molecule has 2 aromatic rings. The summed E-state index contributed by atoms with van der Waals surface area (Å²) in [5.41, 5.74) is 3.14. The van der Waals surface area contributed by atoms with Crippen molar-refractivity contribution in [1.29, 1.82) is 5.26 Å². The zero-order valence-electron chi connectivity index (χ0n) is 16.2. The molecule has 1 heterocycles. The van der Waals surface area contributed by atoms with E-state index in [0.29, 0.717) is 22.0 Å². The van der Waals surface area contributed by atoms with Crippen LogP contribution in [0.2, 0.25) is 0 Å². The number of aryl methyl sites for hydroxylation is 1. The third-order valence-electron chi connectivity index (χ3n) is 4.56. The Morgan fingerprint density at radius 1 is 1.24 bits per heavy atom. The Balaban J connectivity index is 1.73. The zero-order valence-corrected chi connectivity index (χ0v) is 17.0. The average Bonchev–Trinajstić information content (AvgIpc) is 2.73. The smallest absolute Gasteiger partial charge is 0.234 e. The number of allylic oxidation sites excluding steroid dienone is 1. The van der Waals surface area contributed by atoms with Gasteiger partial charge >= 0.3 is 0 Å². The summed E-state index contributed by atoms with van der Waals surface area (Å²) >= 11 is 1.16. The Hall–Kier alpha value is -3.24. The summed E-state index contributed by atoms with van der Waals surface area (Å²) in [5.74, 6) is 0.0706. The Bertz CT molecular complexity index is 976. The predicted molar refractivity (Wildman–Crippen MR) is 113 cm³/mol. The molecule has 148 valence electrons. The second-order valence-electron chi connectivity index (χ2n) is 6.64. The van der Waals surface area contributed by atoms with E-state index in [0.717, 1.165) is 22.9 Å². The molecule has 1 aliphatic heterocycles. The number of carbonyl (C=O) groups excluding carboxylic acids is 2. The molecule has 1 aliphatic rings. The van der Waals surface area contributed by atoms with Gasteiger partial charge in [-0.25, -0.2) is 0 Å². The maximum atomic E-state index is 12.3. The number of amides is 2. The number of carbonyl (C=O) groups is 2. The van der Waals surface area contributed by atoms with Crippen LogP contribution >= 0.6 is 11.8 Å². The van der Waals surface area contributed by atoms with E-state index in [-0.39, 0.29) is 29.9 Å². The van der Waals surface area contributed by atoms with Crippen LogP contribution in [-0.2, 0) is 9.59 Å². The van der Waals surface area contributed by atoms with Crippen molar-refractivity contribution in [2.45, 2.75) is 19.3 Å². The minimum Gasteiger partial charge on any atom is -0.497 e. The van der Waals surface area contributed by atoms with E-state index in [9.17, 15) is 14.9 Å². The van der Waals surface area contributed by atoms with Crippen molar-refractivity contribution in [3.05, 3.63) is 70.3 Å². The van der Waals surface area contributed by atoms with Crippen LogP contribution in [0.15, 0.2) is 59.1 Å². The molecule has 0 aliphatic carbocycles. The highest BCUT2D eigenvalue weighted by Gasteiger charge is 2.29. The molecular weight excluding hydrogens is 386 g/mol. The van der Waals surface area contributed by atoms with Gasteiger partial charge in [0.2, 0.25) is 11.8 Å². The predicted octanol–water partition coefficient (Wildman–Crippen LogP) is 3.71. The Labute approximate surface area is 173 Å². The lowest BCUT2D eigenvalue weighted by Crippen LogP contribution is -2.31. The molecule has 1 atom stereocenters. The number of rotatable bonds is 6. The number of methoxy groups -OCH3 is 1. The summed E-state index contributed by atoms with van der Waals surface area (Å²) in [6.07, 6.45) is 0.189. The van der Waals surface area contributed by atoms with Crippen LogP contribution < -0.4 is 15.4 Å². The largest absolute Gasteiger partial charge is 0.497 e. The van der Waals surface area contributed by atoms with Gasteiger partial charge in [-0.1, -0.05) is 41.6 Å². The molecule has 2 N–H and O–H groups in total. The molecule has 0 spiro atoms. The van der Waals surface area contributed by atoms with Crippen LogP contribution in [0, 0.1) is 18.3 Å². The van der Waals surface area contributed by atoms with Crippen LogP contribution in [0.3, 0.4) is 0 Å². The van der Waals surface area contributed by atoms with Crippen molar-refractivity contribution >= 4 is 29.3 Å². The molecule has 0 bridgehead atoms. The Morgan fingerprint density at radius 3 is 2.55 bits per heavy atom. The lowest BCUT2D eigenvalue weighted by Gasteiger charge is -2.25. The highest BCUT2D eigenvalue weighted by molar-refractivity contribution is 8.03. The number of ether oxygens (including phenoxy) is 1. The van der Waals surface area contributed by atoms with E-state index in [1.807, 2.05) is 43.3 Å². The van der Waals surface area contributed by atoms with Crippen LogP contribution in [-0.4, -0.2) is 24.7 Å². The summed E-state index contributed by atoms with van der Waals surface area (Å²) in [4.78, 5) is 24.5. The minimum atomic E-state index is -0.345. The quantitative estimate of drug-likeness (QED) is 0.762. The van der Waals surface area contributed by atoms with E-state index in [1.54, 1.807) is 19.2 Å². The first-order valence-electron chi connectivity index (χ1n) is 9.07. The summed E-state index contributed by atoms with van der Waals surface area (Å²) in [7, 11) is 1.58. The minimum absolute atomic E-state index is 0.0873. The standard InChI is InChI=1S/C22H21N3O3S/c1-14-3-7-16(8-4-14)24-21(27)13-29-22-19(12-23)18(11-20(26)25-22)15-5-9-17(28-2)10-6-15/h3-10,18H,11,13H2,1-2H3,(H,24,27)(H,25,26)/t18-/m1/s1. The number of thioether (sulfide) groups is 1. The van der Waals surface area contributed by atoms with Gasteiger partial charge in [0.1, 0.15) is 5.75 Å². The Morgan fingerprint density at radius 2 is 1.93 bits per heavy atom. The molecule has 0 saturated carbocycles. The number of nitriles is 1. The first kappa shape index (κ1) is 20.5. The van der Waals surface area contributed by atoms with Gasteiger partial charge in [-0.3, -0.25) is 9.59 Å². The SMILES string of the molecule is COc1ccc([C@H]2CC(=O)NC(SCC(=O)Nc3ccc(C)cc3)=C2C#N)cc1. The molecule has 0 radical (unpaired) electrons. The van der Waals surface area contributed by atoms with Crippen molar-refractivity contribution in [2.75, 3.05) is 18.2 Å². The number of nitrogens with one attached hydrogen (secondary N) is 2. The highest BCUT2D eigenvalue weighted by Crippen LogP contribution is 2.36. The summed E-state index contributed by atoms with van der Waals surface area (Å²) in [6.45, 7) is 1.97. The number of benzene rings is 2. The number of anilines is 1. The van der Waals surface area contributed by atoms with Crippen LogP contribution in [0.25, 0.3) is 0 Å². The molecule has 0 saturated heterocycles. The normalized spacial score (nSPS) is 16.0. The fourth-order valence-electron chi connectivity index (χ4n) is 3.03. The molecule has 29 heavy (non-hydrogen) atoms. The lowest BCUT2D eigenvalue weighted by atomic mass is 9.87. The second-order valence-corrected chi connectivity index (χ2v) is 7.62. The molecule has 2 aromatic carbocycles. The van der Waals surface area contributed by atoms with Crippen molar-refractivity contribution < 1.29 is 14.3 Å². The van der Waals surface area contributed by atoms with E-state index >= 15 is 0 Å². The Kier molecular flexibility index (Phi) is 6.57. The van der Waals surface area contributed by atoms with Gasteiger partial charge in [-0.05, 0) is 36.8 Å². The lowest BCUT2D eigenvalue weighted by molar-refractivity contribution is -0.121. The van der Waals surface area contributed by atoms with Crippen molar-refractivity contribution in [2.24, 2.45) is 0 Å². The van der Waals surface area contributed by atoms with Crippen molar-refractivity contribution in [3.63, 3.8) is 0 Å². The fourth-order valence-corrected chi connectivity index (χ4v) is 3.90. The van der Waals surface area contributed by atoms with E-state index in [4.69, 9.17) is 4.74 Å². The molecule has 3 rings (SSSR count). The van der Waals surface area contributed by atoms with Crippen LogP contribution in [0.4, 0.5) is 5.69 Å². The number of nitrogens with zero attached hydrogens (tertiary/aromatic N) is 1. The molecule has 7 heteroatoms. The first-order chi connectivity index (χ1) is 14.0. The maximum Gasteiger partial charge on any atom is 0.234 e. The highest BCUT2D eigenvalue weighted by atomic mass is 32.2. The van der Waals surface area contributed by atoms with E-state index < -0.39 is 0 Å².